The summed E-state index contributed by atoms with van der Waals surface area (Å²) in [6.07, 6.45) is 4.68. The summed E-state index contributed by atoms with van der Waals surface area (Å²) in [5.74, 6) is -0.139. The summed E-state index contributed by atoms with van der Waals surface area (Å²) in [5.41, 5.74) is 3.49. The smallest absolute Gasteiger partial charge is 0.253 e. The summed E-state index contributed by atoms with van der Waals surface area (Å²) < 4.78 is 1.44. The third-order valence-corrected chi connectivity index (χ3v) is 4.32. The summed E-state index contributed by atoms with van der Waals surface area (Å²) in [6.45, 7) is 0.376. The minimum Gasteiger partial charge on any atom is -0.504 e. The van der Waals surface area contributed by atoms with Crippen LogP contribution in [0.25, 0.3) is 16.9 Å². The molecule has 0 unspecified atom stereocenters. The lowest BCUT2D eigenvalue weighted by Crippen LogP contribution is -2.23. The van der Waals surface area contributed by atoms with E-state index in [1.54, 1.807) is 18.5 Å². The molecule has 2 aromatic heterocycles. The molecule has 0 saturated heterocycles. The van der Waals surface area contributed by atoms with E-state index >= 15 is 0 Å². The van der Waals surface area contributed by atoms with Crippen LogP contribution in [-0.2, 0) is 6.54 Å². The van der Waals surface area contributed by atoms with E-state index in [0.717, 1.165) is 16.7 Å². The molecule has 0 aliphatic rings. The van der Waals surface area contributed by atoms with Gasteiger partial charge in [0.1, 0.15) is 0 Å². The van der Waals surface area contributed by atoms with Gasteiger partial charge < -0.3 is 10.4 Å². The van der Waals surface area contributed by atoms with Crippen LogP contribution in [0.4, 0.5) is 0 Å². The van der Waals surface area contributed by atoms with Crippen LogP contribution in [0.3, 0.4) is 0 Å². The molecule has 2 N–H and O–H groups in total. The maximum absolute atomic E-state index is 12.4. The number of aromatic nitrogens is 3. The first-order valence-electron chi connectivity index (χ1n) is 8.82. The van der Waals surface area contributed by atoms with E-state index < -0.39 is 0 Å². The number of hydrogen-bond acceptors (Lipinski definition) is 4. The van der Waals surface area contributed by atoms with Gasteiger partial charge in [0, 0.05) is 25.1 Å². The van der Waals surface area contributed by atoms with Gasteiger partial charge in [-0.25, -0.2) is 9.67 Å². The fourth-order valence-corrected chi connectivity index (χ4v) is 2.92. The van der Waals surface area contributed by atoms with E-state index in [1.807, 2.05) is 54.6 Å². The standard InChI is InChI=1S/C22H18N4O2/c27-20-13-19(15-23-21(20)26-11-5-10-25-26)22(28)24-14-16-6-4-9-18(12-16)17-7-2-1-3-8-17/h1-13,15,27H,14H2,(H,24,28). The maximum atomic E-state index is 12.4. The van der Waals surface area contributed by atoms with Gasteiger partial charge in [-0.05, 0) is 34.9 Å². The highest BCUT2D eigenvalue weighted by Gasteiger charge is 2.12. The molecule has 0 fully saturated rings. The van der Waals surface area contributed by atoms with Crippen molar-refractivity contribution in [3.05, 3.63) is 96.4 Å². The SMILES string of the molecule is O=C(NCc1cccc(-c2ccccc2)c1)c1cnc(-n2cccn2)c(O)c1. The van der Waals surface area contributed by atoms with E-state index in [-0.39, 0.29) is 23.0 Å². The van der Waals surface area contributed by atoms with Crippen molar-refractivity contribution in [2.75, 3.05) is 0 Å². The highest BCUT2D eigenvalue weighted by molar-refractivity contribution is 5.94. The van der Waals surface area contributed by atoms with E-state index in [9.17, 15) is 9.90 Å². The van der Waals surface area contributed by atoms with Crippen molar-refractivity contribution >= 4 is 5.91 Å². The molecule has 1 amide bonds. The number of aromatic hydroxyl groups is 1. The Labute approximate surface area is 162 Å². The van der Waals surface area contributed by atoms with Crippen LogP contribution >= 0.6 is 0 Å². The zero-order valence-corrected chi connectivity index (χ0v) is 15.0. The highest BCUT2D eigenvalue weighted by Crippen LogP contribution is 2.21. The molecule has 28 heavy (non-hydrogen) atoms. The fraction of sp³-hybridized carbons (Fsp3) is 0.0455. The molecule has 0 aliphatic carbocycles. The second-order valence-electron chi connectivity index (χ2n) is 6.27. The number of nitrogens with one attached hydrogen (secondary N) is 1. The number of rotatable bonds is 5. The van der Waals surface area contributed by atoms with Gasteiger partial charge in [0.05, 0.1) is 5.56 Å². The van der Waals surface area contributed by atoms with Crippen molar-refractivity contribution in [3.8, 4) is 22.7 Å². The van der Waals surface area contributed by atoms with Crippen molar-refractivity contribution in [1.29, 1.82) is 0 Å². The van der Waals surface area contributed by atoms with Crippen LogP contribution in [0.1, 0.15) is 15.9 Å². The predicted molar refractivity (Wildman–Crippen MR) is 106 cm³/mol. The van der Waals surface area contributed by atoms with Gasteiger partial charge in [-0.15, -0.1) is 0 Å². The van der Waals surface area contributed by atoms with E-state index in [1.165, 1.54) is 16.9 Å². The Bertz CT molecular complexity index is 1090. The van der Waals surface area contributed by atoms with Gasteiger partial charge >= 0.3 is 0 Å². The second kappa shape index (κ2) is 7.75. The normalized spacial score (nSPS) is 10.6. The average Bonchev–Trinajstić information content (AvgIpc) is 3.27. The van der Waals surface area contributed by atoms with E-state index in [0.29, 0.717) is 6.54 Å². The molecule has 0 radical (unpaired) electrons. The third kappa shape index (κ3) is 3.76. The number of hydrogen-bond donors (Lipinski definition) is 2. The predicted octanol–water partition coefficient (Wildman–Crippen LogP) is 3.57. The minimum atomic E-state index is -0.306. The van der Waals surface area contributed by atoms with Crippen LogP contribution in [-0.4, -0.2) is 25.8 Å². The van der Waals surface area contributed by atoms with Gasteiger partial charge in [-0.2, -0.15) is 5.10 Å². The lowest BCUT2D eigenvalue weighted by Gasteiger charge is -2.09. The van der Waals surface area contributed by atoms with Gasteiger partial charge in [0.15, 0.2) is 11.6 Å². The summed E-state index contributed by atoms with van der Waals surface area (Å²) >= 11 is 0. The van der Waals surface area contributed by atoms with Crippen LogP contribution in [0.2, 0.25) is 0 Å². The fourth-order valence-electron chi connectivity index (χ4n) is 2.92. The molecular formula is C22H18N4O2. The van der Waals surface area contributed by atoms with Gasteiger partial charge in [0.25, 0.3) is 5.91 Å². The highest BCUT2D eigenvalue weighted by atomic mass is 16.3. The Hall–Kier alpha value is -3.93. The quantitative estimate of drug-likeness (QED) is 0.563. The van der Waals surface area contributed by atoms with Crippen molar-refractivity contribution in [2.45, 2.75) is 6.54 Å². The first-order valence-corrected chi connectivity index (χ1v) is 8.82. The molecule has 0 bridgehead atoms. The number of nitrogens with zero attached hydrogens (tertiary/aromatic N) is 3. The molecule has 0 atom stereocenters. The largest absolute Gasteiger partial charge is 0.504 e. The van der Waals surface area contributed by atoms with E-state index in [2.05, 4.69) is 15.4 Å². The molecule has 2 heterocycles. The molecule has 138 valence electrons. The van der Waals surface area contributed by atoms with Crippen molar-refractivity contribution < 1.29 is 9.90 Å². The van der Waals surface area contributed by atoms with Crippen LogP contribution in [0.5, 0.6) is 5.75 Å². The number of amides is 1. The minimum absolute atomic E-state index is 0.109. The molecule has 6 nitrogen and oxygen atoms in total. The van der Waals surface area contributed by atoms with Crippen LogP contribution in [0, 0.1) is 0 Å². The molecule has 6 heteroatoms. The summed E-state index contributed by atoms with van der Waals surface area (Å²) in [7, 11) is 0. The lowest BCUT2D eigenvalue weighted by atomic mass is 10.0. The Kier molecular flexibility index (Phi) is 4.84. The Balaban J connectivity index is 1.46. The summed E-state index contributed by atoms with van der Waals surface area (Å²) in [6, 6.07) is 21.2. The number of carbonyl (C=O) groups excluding carboxylic acids is 1. The topological polar surface area (TPSA) is 80.0 Å². The Morgan fingerprint density at radius 1 is 1.00 bits per heavy atom. The molecule has 4 aromatic rings. The van der Waals surface area contributed by atoms with Gasteiger partial charge in [-0.3, -0.25) is 4.79 Å². The first-order chi connectivity index (χ1) is 13.7. The molecule has 0 aliphatic heterocycles. The molecule has 2 aromatic carbocycles. The summed E-state index contributed by atoms with van der Waals surface area (Å²) in [5, 5.41) is 17.0. The van der Waals surface area contributed by atoms with Crippen LogP contribution < -0.4 is 5.32 Å². The molecular weight excluding hydrogens is 352 g/mol. The Morgan fingerprint density at radius 3 is 2.57 bits per heavy atom. The molecule has 4 rings (SSSR count). The number of carbonyl (C=O) groups is 1. The Morgan fingerprint density at radius 2 is 1.82 bits per heavy atom. The third-order valence-electron chi connectivity index (χ3n) is 4.32. The molecule has 0 spiro atoms. The lowest BCUT2D eigenvalue weighted by molar-refractivity contribution is 0.0950. The van der Waals surface area contributed by atoms with Gasteiger partial charge in [-0.1, -0.05) is 48.5 Å². The zero-order chi connectivity index (χ0) is 19.3. The van der Waals surface area contributed by atoms with Crippen molar-refractivity contribution in [2.24, 2.45) is 0 Å². The van der Waals surface area contributed by atoms with Crippen LogP contribution in [0.15, 0.2) is 85.3 Å². The second-order valence-corrected chi connectivity index (χ2v) is 6.27. The first kappa shape index (κ1) is 17.5. The average molecular weight is 370 g/mol. The van der Waals surface area contributed by atoms with E-state index in [4.69, 9.17) is 0 Å². The maximum Gasteiger partial charge on any atom is 0.253 e. The molecule has 0 saturated carbocycles. The summed E-state index contributed by atoms with van der Waals surface area (Å²) in [4.78, 5) is 16.6. The number of pyridine rings is 1. The van der Waals surface area contributed by atoms with Crippen molar-refractivity contribution in [3.63, 3.8) is 0 Å². The zero-order valence-electron chi connectivity index (χ0n) is 15.0. The van der Waals surface area contributed by atoms with Crippen molar-refractivity contribution in [1.82, 2.24) is 20.1 Å². The monoisotopic (exact) mass is 370 g/mol. The number of benzene rings is 2. The van der Waals surface area contributed by atoms with Gasteiger partial charge in [0.2, 0.25) is 0 Å².